The van der Waals surface area contributed by atoms with Gasteiger partial charge in [0.25, 0.3) is 0 Å². The summed E-state index contributed by atoms with van der Waals surface area (Å²) < 4.78 is 35.3. The number of nitrogens with one attached hydrogen (secondary N) is 1. The molecule has 0 aliphatic rings. The molecule has 0 bridgehead atoms. The van der Waals surface area contributed by atoms with E-state index in [0.717, 1.165) is 0 Å². The van der Waals surface area contributed by atoms with E-state index in [9.17, 15) is 13.2 Å². The molecule has 0 fully saturated rings. The van der Waals surface area contributed by atoms with Gasteiger partial charge in [-0.05, 0) is 12.1 Å². The van der Waals surface area contributed by atoms with Gasteiger partial charge in [-0.15, -0.1) is 0 Å². The number of aromatic nitrogens is 1. The second-order valence-electron chi connectivity index (χ2n) is 1.78. The molecule has 1 atom stereocenters. The number of hydrogen-bond acceptors (Lipinski definition) is 0. The number of halogens is 3. The van der Waals surface area contributed by atoms with Gasteiger partial charge in [-0.25, -0.2) is 4.39 Å². The number of rotatable bonds is 2. The zero-order chi connectivity index (χ0) is 7.56. The van der Waals surface area contributed by atoms with Crippen molar-refractivity contribution in [2.75, 3.05) is 0 Å². The first kappa shape index (κ1) is 7.18. The van der Waals surface area contributed by atoms with Crippen LogP contribution in [0, 0.1) is 6.43 Å². The Kier molecular flexibility index (Phi) is 1.99. The second kappa shape index (κ2) is 2.77. The van der Waals surface area contributed by atoms with Crippen molar-refractivity contribution in [3.05, 3.63) is 30.4 Å². The van der Waals surface area contributed by atoms with E-state index in [1.807, 2.05) is 0 Å². The zero-order valence-electron chi connectivity index (χ0n) is 4.94. The smallest absolute Gasteiger partial charge is 0.349 e. The van der Waals surface area contributed by atoms with E-state index in [1.165, 1.54) is 18.3 Å². The summed E-state index contributed by atoms with van der Waals surface area (Å²) in [5.41, 5.74) is -0.111. The highest BCUT2D eigenvalue weighted by atomic mass is 19.3. The van der Waals surface area contributed by atoms with E-state index in [-0.39, 0.29) is 5.69 Å². The Morgan fingerprint density at radius 1 is 1.50 bits per heavy atom. The Balaban J connectivity index is 2.68. The minimum atomic E-state index is -2.27. The van der Waals surface area contributed by atoms with Crippen molar-refractivity contribution >= 4 is 0 Å². The molecule has 0 saturated carbocycles. The average molecular weight is 148 g/mol. The first-order valence-electron chi connectivity index (χ1n) is 2.67. The summed E-state index contributed by atoms with van der Waals surface area (Å²) in [6.45, 7) is 0. The van der Waals surface area contributed by atoms with Crippen molar-refractivity contribution in [3.8, 4) is 0 Å². The summed E-state index contributed by atoms with van der Waals surface area (Å²) >= 11 is 0. The summed E-state index contributed by atoms with van der Waals surface area (Å²) in [7, 11) is 0. The predicted octanol–water partition coefficient (Wildman–Crippen LogP) is 2.45. The van der Waals surface area contributed by atoms with E-state index < -0.39 is 12.6 Å². The Morgan fingerprint density at radius 3 is 2.60 bits per heavy atom. The fourth-order valence-electron chi connectivity index (χ4n) is 0.619. The molecule has 0 amide bonds. The number of hydrogen-bond donors (Lipinski definition) is 1. The third-order valence-electron chi connectivity index (χ3n) is 1.09. The quantitative estimate of drug-likeness (QED) is 0.663. The number of H-pyrrole nitrogens is 1. The molecular weight excluding hydrogens is 143 g/mol. The highest BCUT2D eigenvalue weighted by Crippen LogP contribution is 2.28. The van der Waals surface area contributed by atoms with Gasteiger partial charge in [0, 0.05) is 6.20 Å². The topological polar surface area (TPSA) is 15.8 Å². The minimum Gasteiger partial charge on any atom is -0.362 e. The lowest BCUT2D eigenvalue weighted by Gasteiger charge is -2.00. The van der Waals surface area contributed by atoms with Crippen molar-refractivity contribution in [3.63, 3.8) is 0 Å². The molecule has 1 nitrogen and oxygen atoms in total. The standard InChI is InChI=1S/C6H5F3N/c7-5(6(8)9)4-2-1-3-10-4/h1-3,5,10H. The molecule has 1 N–H and O–H groups in total. The Labute approximate surface area is 55.9 Å². The number of aromatic amines is 1. The lowest BCUT2D eigenvalue weighted by atomic mass is 10.3. The van der Waals surface area contributed by atoms with Crippen LogP contribution in [0.25, 0.3) is 0 Å². The van der Waals surface area contributed by atoms with Crippen LogP contribution in [0.4, 0.5) is 13.2 Å². The van der Waals surface area contributed by atoms with Gasteiger partial charge in [0.15, 0.2) is 0 Å². The normalized spacial score (nSPS) is 14.0. The SMILES string of the molecule is F[C](F)C(F)c1ccc[nH]1. The van der Waals surface area contributed by atoms with Crippen LogP contribution < -0.4 is 0 Å². The van der Waals surface area contributed by atoms with Gasteiger partial charge in [0.05, 0.1) is 5.69 Å². The Morgan fingerprint density at radius 2 is 2.20 bits per heavy atom. The molecule has 1 heterocycles. The van der Waals surface area contributed by atoms with Gasteiger partial charge in [-0.1, -0.05) is 0 Å². The van der Waals surface area contributed by atoms with Crippen LogP contribution in [-0.2, 0) is 0 Å². The molecule has 1 rings (SSSR count). The largest absolute Gasteiger partial charge is 0.362 e. The maximum Gasteiger partial charge on any atom is 0.349 e. The molecule has 0 aromatic carbocycles. The van der Waals surface area contributed by atoms with Crippen molar-refractivity contribution in [2.24, 2.45) is 0 Å². The molecule has 10 heavy (non-hydrogen) atoms. The molecule has 0 aliphatic carbocycles. The first-order chi connectivity index (χ1) is 4.72. The highest BCUT2D eigenvalue weighted by Gasteiger charge is 2.23. The van der Waals surface area contributed by atoms with Crippen LogP contribution in [-0.4, -0.2) is 4.98 Å². The van der Waals surface area contributed by atoms with Gasteiger partial charge in [-0.3, -0.25) is 0 Å². The fourth-order valence-corrected chi connectivity index (χ4v) is 0.619. The van der Waals surface area contributed by atoms with Gasteiger partial charge < -0.3 is 4.98 Å². The van der Waals surface area contributed by atoms with E-state index in [4.69, 9.17) is 0 Å². The summed E-state index contributed by atoms with van der Waals surface area (Å²) in [6, 6.07) is 2.73. The molecule has 1 aromatic rings. The van der Waals surface area contributed by atoms with Crippen LogP contribution in [0.5, 0.6) is 0 Å². The van der Waals surface area contributed by atoms with Gasteiger partial charge in [0.2, 0.25) is 6.17 Å². The molecule has 0 aliphatic heterocycles. The molecule has 1 aromatic heterocycles. The van der Waals surface area contributed by atoms with Gasteiger partial charge in [-0.2, -0.15) is 8.78 Å². The maximum atomic E-state index is 12.3. The number of alkyl halides is 1. The predicted molar refractivity (Wildman–Crippen MR) is 30.1 cm³/mol. The maximum absolute atomic E-state index is 12.3. The summed E-state index contributed by atoms with van der Waals surface area (Å²) in [5.74, 6) is 0. The Hall–Kier alpha value is -0.930. The van der Waals surface area contributed by atoms with Crippen LogP contribution in [0.3, 0.4) is 0 Å². The van der Waals surface area contributed by atoms with Crippen molar-refractivity contribution < 1.29 is 13.2 Å². The van der Waals surface area contributed by atoms with E-state index in [2.05, 4.69) is 4.98 Å². The molecular formula is C6H5F3N. The second-order valence-corrected chi connectivity index (χ2v) is 1.78. The van der Waals surface area contributed by atoms with Crippen molar-refractivity contribution in [2.45, 2.75) is 6.17 Å². The third-order valence-corrected chi connectivity index (χ3v) is 1.09. The zero-order valence-corrected chi connectivity index (χ0v) is 4.94. The molecule has 4 heteroatoms. The monoisotopic (exact) mass is 148 g/mol. The van der Waals surface area contributed by atoms with Crippen LogP contribution >= 0.6 is 0 Å². The van der Waals surface area contributed by atoms with Crippen molar-refractivity contribution in [1.82, 2.24) is 4.98 Å². The summed E-state index contributed by atoms with van der Waals surface area (Å²) in [4.78, 5) is 2.34. The first-order valence-corrected chi connectivity index (χ1v) is 2.67. The van der Waals surface area contributed by atoms with Gasteiger partial charge >= 0.3 is 6.43 Å². The molecule has 1 radical (unpaired) electrons. The summed E-state index contributed by atoms with van der Waals surface area (Å²) in [6.07, 6.45) is -3.09. The van der Waals surface area contributed by atoms with E-state index >= 15 is 0 Å². The summed E-state index contributed by atoms with van der Waals surface area (Å²) in [5, 5.41) is 0. The van der Waals surface area contributed by atoms with E-state index in [1.54, 1.807) is 0 Å². The Bertz CT molecular complexity index is 183. The van der Waals surface area contributed by atoms with Gasteiger partial charge in [0.1, 0.15) is 0 Å². The van der Waals surface area contributed by atoms with Crippen molar-refractivity contribution in [1.29, 1.82) is 0 Å². The lowest BCUT2D eigenvalue weighted by molar-refractivity contribution is 0.157. The third kappa shape index (κ3) is 1.32. The van der Waals surface area contributed by atoms with Crippen LogP contribution in [0.1, 0.15) is 11.9 Å². The fraction of sp³-hybridized carbons (Fsp3) is 0.167. The molecule has 1 unspecified atom stereocenters. The lowest BCUT2D eigenvalue weighted by Crippen LogP contribution is -1.95. The van der Waals surface area contributed by atoms with Crippen LogP contribution in [0.2, 0.25) is 0 Å². The molecule has 55 valence electrons. The minimum absolute atomic E-state index is 0.111. The molecule has 0 saturated heterocycles. The highest BCUT2D eigenvalue weighted by molar-refractivity contribution is 5.10. The van der Waals surface area contributed by atoms with Crippen LogP contribution in [0.15, 0.2) is 18.3 Å². The molecule has 0 spiro atoms. The van der Waals surface area contributed by atoms with E-state index in [0.29, 0.717) is 0 Å². The average Bonchev–Trinajstić information content (AvgIpc) is 2.36.